The molecule has 1 heteroatoms. The predicted octanol–water partition coefficient (Wildman–Crippen LogP) is 7.29. The molecule has 0 radical (unpaired) electrons. The lowest BCUT2D eigenvalue weighted by Gasteiger charge is -2.54. The summed E-state index contributed by atoms with van der Waals surface area (Å²) >= 11 is 0. The number of hydrogen-bond acceptors (Lipinski definition) is 1. The van der Waals surface area contributed by atoms with Crippen LogP contribution in [-0.4, -0.2) is 5.78 Å². The summed E-state index contributed by atoms with van der Waals surface area (Å²) in [6, 6.07) is 0. The molecule has 154 valence electrons. The van der Waals surface area contributed by atoms with Gasteiger partial charge in [-0.05, 0) is 91.4 Å². The lowest BCUT2D eigenvalue weighted by molar-refractivity contribution is -0.116. The topological polar surface area (TPSA) is 17.1 Å². The summed E-state index contributed by atoms with van der Waals surface area (Å²) in [4.78, 5) is 12.0. The van der Waals surface area contributed by atoms with E-state index in [2.05, 4.69) is 52.8 Å². The highest BCUT2D eigenvalue weighted by atomic mass is 16.1. The molecular formula is C27H40O. The van der Waals surface area contributed by atoms with E-state index >= 15 is 0 Å². The van der Waals surface area contributed by atoms with E-state index in [0.717, 1.165) is 37.0 Å². The Morgan fingerprint density at radius 1 is 1.11 bits per heavy atom. The number of allylic oxidation sites excluding steroid dienone is 6. The third kappa shape index (κ3) is 3.17. The fourth-order valence-electron chi connectivity index (χ4n) is 7.03. The monoisotopic (exact) mass is 380 g/mol. The largest absolute Gasteiger partial charge is 0.295 e. The quantitative estimate of drug-likeness (QED) is 0.468. The van der Waals surface area contributed by atoms with Crippen LogP contribution >= 0.6 is 0 Å². The van der Waals surface area contributed by atoms with E-state index in [1.54, 1.807) is 5.57 Å². The van der Waals surface area contributed by atoms with Gasteiger partial charge < -0.3 is 0 Å². The van der Waals surface area contributed by atoms with Crippen molar-refractivity contribution >= 4 is 5.78 Å². The normalized spacial score (nSPS) is 41.4. The zero-order chi connectivity index (χ0) is 20.1. The summed E-state index contributed by atoms with van der Waals surface area (Å²) in [5.74, 6) is 4.08. The van der Waals surface area contributed by atoms with Gasteiger partial charge in [0.15, 0.2) is 5.78 Å². The summed E-state index contributed by atoms with van der Waals surface area (Å²) < 4.78 is 0. The first-order valence-electron chi connectivity index (χ1n) is 11.9. The van der Waals surface area contributed by atoms with Gasteiger partial charge in [0.1, 0.15) is 0 Å². The zero-order valence-electron chi connectivity index (χ0n) is 18.8. The van der Waals surface area contributed by atoms with E-state index in [9.17, 15) is 4.79 Å². The van der Waals surface area contributed by atoms with Crippen molar-refractivity contribution in [1.29, 1.82) is 0 Å². The van der Waals surface area contributed by atoms with Gasteiger partial charge >= 0.3 is 0 Å². The minimum Gasteiger partial charge on any atom is -0.295 e. The van der Waals surface area contributed by atoms with Gasteiger partial charge in [-0.25, -0.2) is 0 Å². The van der Waals surface area contributed by atoms with Gasteiger partial charge in [0.05, 0.1) is 0 Å². The summed E-state index contributed by atoms with van der Waals surface area (Å²) in [5, 5.41) is 0. The van der Waals surface area contributed by atoms with Gasteiger partial charge in [-0.2, -0.15) is 0 Å². The van der Waals surface area contributed by atoms with Gasteiger partial charge in [0.25, 0.3) is 0 Å². The third-order valence-electron chi connectivity index (χ3n) is 9.51. The molecule has 0 aromatic rings. The van der Waals surface area contributed by atoms with Crippen LogP contribution in [0.2, 0.25) is 0 Å². The maximum absolute atomic E-state index is 12.0. The number of rotatable bonds is 4. The molecule has 4 rings (SSSR count). The van der Waals surface area contributed by atoms with Crippen LogP contribution in [0.15, 0.2) is 35.5 Å². The standard InChI is InChI=1S/C27H40O/c1-18(2)19(3)7-6-8-20-10-12-24-23-11-9-21-17-22(28)13-15-27(21,5)25(23)14-16-26(20,24)4/h6-7,11,17-20,24-25H,8-10,12-16H2,1-5H3/b7-6+. The molecule has 0 saturated heterocycles. The van der Waals surface area contributed by atoms with Gasteiger partial charge in [-0.3, -0.25) is 4.79 Å². The lowest BCUT2D eigenvalue weighted by Crippen LogP contribution is -2.45. The van der Waals surface area contributed by atoms with Gasteiger partial charge in [0.2, 0.25) is 0 Å². The van der Waals surface area contributed by atoms with Crippen LogP contribution in [0.3, 0.4) is 0 Å². The van der Waals surface area contributed by atoms with Gasteiger partial charge in [-0.15, -0.1) is 0 Å². The fraction of sp³-hybridized carbons (Fsp3) is 0.741. The Bertz CT molecular complexity index is 723. The number of carbonyl (C=O) groups excluding carboxylic acids is 1. The maximum Gasteiger partial charge on any atom is 0.155 e. The molecule has 0 heterocycles. The third-order valence-corrected chi connectivity index (χ3v) is 9.51. The molecule has 0 bridgehead atoms. The summed E-state index contributed by atoms with van der Waals surface area (Å²) in [5.41, 5.74) is 3.95. The number of hydrogen-bond donors (Lipinski definition) is 0. The molecule has 0 aromatic heterocycles. The second kappa shape index (κ2) is 7.29. The van der Waals surface area contributed by atoms with Crippen LogP contribution in [0.25, 0.3) is 0 Å². The first-order valence-corrected chi connectivity index (χ1v) is 11.9. The van der Waals surface area contributed by atoms with E-state index in [-0.39, 0.29) is 5.41 Å². The lowest BCUT2D eigenvalue weighted by atomic mass is 9.50. The molecule has 1 nitrogen and oxygen atoms in total. The molecule has 6 unspecified atom stereocenters. The predicted molar refractivity (Wildman–Crippen MR) is 118 cm³/mol. The molecule has 28 heavy (non-hydrogen) atoms. The van der Waals surface area contributed by atoms with Gasteiger partial charge in [-0.1, -0.05) is 64.0 Å². The molecular weight excluding hydrogens is 340 g/mol. The van der Waals surface area contributed by atoms with Crippen LogP contribution in [-0.2, 0) is 4.79 Å². The Morgan fingerprint density at radius 3 is 2.64 bits per heavy atom. The highest BCUT2D eigenvalue weighted by molar-refractivity contribution is 5.91. The van der Waals surface area contributed by atoms with E-state index < -0.39 is 0 Å². The number of fused-ring (bicyclic) bond motifs is 5. The molecule has 4 aliphatic carbocycles. The van der Waals surface area contributed by atoms with E-state index in [1.165, 1.54) is 37.7 Å². The van der Waals surface area contributed by atoms with Crippen LogP contribution in [0.4, 0.5) is 0 Å². The Morgan fingerprint density at radius 2 is 1.89 bits per heavy atom. The van der Waals surface area contributed by atoms with Crippen molar-refractivity contribution in [1.82, 2.24) is 0 Å². The molecule has 2 saturated carbocycles. The average molecular weight is 381 g/mol. The first kappa shape index (κ1) is 20.2. The Balaban J connectivity index is 1.54. The SMILES string of the molecule is CC(C)C(C)/C=C/CC1CCC2C3=CCC4=CC(=O)CCC4(C)C3CCC12C. The smallest absolute Gasteiger partial charge is 0.155 e. The van der Waals surface area contributed by atoms with Crippen molar-refractivity contribution in [2.75, 3.05) is 0 Å². The van der Waals surface area contributed by atoms with Crippen molar-refractivity contribution in [2.45, 2.75) is 86.0 Å². The molecule has 0 N–H and O–H groups in total. The van der Waals surface area contributed by atoms with Crippen molar-refractivity contribution in [3.8, 4) is 0 Å². The van der Waals surface area contributed by atoms with E-state index in [0.29, 0.717) is 23.0 Å². The van der Waals surface area contributed by atoms with Crippen molar-refractivity contribution < 1.29 is 4.79 Å². The minimum absolute atomic E-state index is 0.254. The molecule has 6 atom stereocenters. The molecule has 0 aliphatic heterocycles. The molecule has 4 aliphatic rings. The molecule has 0 aromatic carbocycles. The van der Waals surface area contributed by atoms with Crippen molar-refractivity contribution in [3.05, 3.63) is 35.5 Å². The van der Waals surface area contributed by atoms with Gasteiger partial charge in [0, 0.05) is 6.42 Å². The number of ketones is 1. The second-order valence-corrected chi connectivity index (χ2v) is 11.2. The Labute approximate surface area is 172 Å². The zero-order valence-corrected chi connectivity index (χ0v) is 18.8. The van der Waals surface area contributed by atoms with E-state index in [1.807, 2.05) is 6.08 Å². The molecule has 0 amide bonds. The highest BCUT2D eigenvalue weighted by Crippen LogP contribution is 2.65. The average Bonchev–Trinajstić information content (AvgIpc) is 2.99. The van der Waals surface area contributed by atoms with Crippen molar-refractivity contribution in [3.63, 3.8) is 0 Å². The van der Waals surface area contributed by atoms with Crippen LogP contribution in [0, 0.1) is 40.4 Å². The molecule has 2 fully saturated rings. The van der Waals surface area contributed by atoms with Crippen LogP contribution < -0.4 is 0 Å². The van der Waals surface area contributed by atoms with Crippen LogP contribution in [0.1, 0.15) is 86.0 Å². The minimum atomic E-state index is 0.254. The summed E-state index contributed by atoms with van der Waals surface area (Å²) in [6.45, 7) is 12.1. The van der Waals surface area contributed by atoms with Crippen molar-refractivity contribution in [2.24, 2.45) is 40.4 Å². The summed E-state index contributed by atoms with van der Waals surface area (Å²) in [6.07, 6.45) is 19.1. The fourth-order valence-corrected chi connectivity index (χ4v) is 7.03. The first-order chi connectivity index (χ1) is 13.3. The summed E-state index contributed by atoms with van der Waals surface area (Å²) in [7, 11) is 0. The Kier molecular flexibility index (Phi) is 5.26. The Hall–Kier alpha value is -1.11. The van der Waals surface area contributed by atoms with Crippen LogP contribution in [0.5, 0.6) is 0 Å². The van der Waals surface area contributed by atoms with E-state index in [4.69, 9.17) is 0 Å². The number of carbonyl (C=O) groups is 1. The highest BCUT2D eigenvalue weighted by Gasteiger charge is 2.55. The maximum atomic E-state index is 12.0. The molecule has 0 spiro atoms. The second-order valence-electron chi connectivity index (χ2n) is 11.2.